The molecule has 1 fully saturated rings. The van der Waals surface area contributed by atoms with Gasteiger partial charge in [-0.3, -0.25) is 0 Å². The zero-order chi connectivity index (χ0) is 8.97. The van der Waals surface area contributed by atoms with Gasteiger partial charge in [-0.1, -0.05) is 0 Å². The van der Waals surface area contributed by atoms with Crippen molar-refractivity contribution in [1.29, 1.82) is 0 Å². The molecule has 1 rings (SSSR count). The van der Waals surface area contributed by atoms with Crippen molar-refractivity contribution >= 4 is 24.8 Å². The van der Waals surface area contributed by atoms with Gasteiger partial charge < -0.3 is 14.7 Å². The molecule has 0 amide bonds. The summed E-state index contributed by atoms with van der Waals surface area (Å²) in [5, 5.41) is 0. The van der Waals surface area contributed by atoms with Gasteiger partial charge in [-0.25, -0.2) is 0 Å². The van der Waals surface area contributed by atoms with Crippen molar-refractivity contribution in [2.45, 2.75) is 0 Å². The van der Waals surface area contributed by atoms with Crippen LogP contribution in [0.2, 0.25) is 0 Å². The maximum atomic E-state index is 2.40. The van der Waals surface area contributed by atoms with Gasteiger partial charge in [0.2, 0.25) is 0 Å². The van der Waals surface area contributed by atoms with Crippen molar-refractivity contribution in [1.82, 2.24) is 14.7 Å². The third-order valence-corrected chi connectivity index (χ3v) is 2.59. The first kappa shape index (κ1) is 21.3. The van der Waals surface area contributed by atoms with Crippen LogP contribution in [0.1, 0.15) is 0 Å². The van der Waals surface area contributed by atoms with E-state index >= 15 is 0 Å². The molecule has 0 atom stereocenters. The molecule has 0 radical (unpaired) electrons. The average molecular weight is 296 g/mol. The number of nitrogens with zero attached hydrogens (tertiary/aromatic N) is 3. The van der Waals surface area contributed by atoms with Crippen LogP contribution in [0.4, 0.5) is 0 Å². The maximum absolute atomic E-state index is 2.40. The predicted molar refractivity (Wildman–Crippen MR) is 67.0 cm³/mol. The van der Waals surface area contributed by atoms with Gasteiger partial charge in [0.25, 0.3) is 0 Å². The Morgan fingerprint density at radius 2 is 0.667 bits per heavy atom. The van der Waals surface area contributed by atoms with Crippen LogP contribution in [0.3, 0.4) is 0 Å². The smallest absolute Gasteiger partial charge is 0.0107 e. The van der Waals surface area contributed by atoms with Crippen molar-refractivity contribution in [2.24, 2.45) is 0 Å². The molecule has 1 saturated heterocycles. The van der Waals surface area contributed by atoms with Crippen LogP contribution in [0, 0.1) is 0 Å². The van der Waals surface area contributed by atoms with Crippen LogP contribution in [-0.2, 0) is 17.4 Å². The van der Waals surface area contributed by atoms with Crippen LogP contribution < -0.4 is 0 Å². The van der Waals surface area contributed by atoms with Gasteiger partial charge in [-0.15, -0.1) is 24.8 Å². The molecular formula is C9H23Cl2CrN3. The van der Waals surface area contributed by atoms with Crippen LogP contribution >= 0.6 is 24.8 Å². The zero-order valence-electron chi connectivity index (χ0n) is 9.81. The number of hydrogen-bond donors (Lipinski definition) is 0. The molecule has 0 aromatic carbocycles. The summed E-state index contributed by atoms with van der Waals surface area (Å²) in [6.45, 7) is 7.19. The molecular weight excluding hydrogens is 273 g/mol. The van der Waals surface area contributed by atoms with Gasteiger partial charge in [0.1, 0.15) is 0 Å². The van der Waals surface area contributed by atoms with E-state index in [9.17, 15) is 0 Å². The molecule has 0 aromatic heterocycles. The first-order valence-corrected chi connectivity index (χ1v) is 4.74. The summed E-state index contributed by atoms with van der Waals surface area (Å²) in [6, 6.07) is 0. The number of halogens is 2. The first-order chi connectivity index (χ1) is 5.68. The van der Waals surface area contributed by atoms with E-state index in [1.54, 1.807) is 0 Å². The number of hydrogen-bond acceptors (Lipinski definition) is 3. The molecule has 0 N–H and O–H groups in total. The van der Waals surface area contributed by atoms with E-state index in [0.29, 0.717) is 0 Å². The van der Waals surface area contributed by atoms with Crippen molar-refractivity contribution in [3.8, 4) is 0 Å². The van der Waals surface area contributed by atoms with Crippen LogP contribution in [0.15, 0.2) is 0 Å². The Bertz CT molecular complexity index is 105. The van der Waals surface area contributed by atoms with Gasteiger partial charge in [0, 0.05) is 56.6 Å². The second-order valence-corrected chi connectivity index (χ2v) is 3.91. The summed E-state index contributed by atoms with van der Waals surface area (Å²) < 4.78 is 0. The van der Waals surface area contributed by atoms with Crippen LogP contribution in [0.25, 0.3) is 0 Å². The maximum Gasteiger partial charge on any atom is 0.0107 e. The molecule has 0 unspecified atom stereocenters. The molecule has 6 heteroatoms. The predicted octanol–water partition coefficient (Wildman–Crippen LogP) is 0.636. The third kappa shape index (κ3) is 9.90. The molecule has 1 heterocycles. The summed E-state index contributed by atoms with van der Waals surface area (Å²) in [7, 11) is 6.60. The van der Waals surface area contributed by atoms with E-state index < -0.39 is 0 Å². The van der Waals surface area contributed by atoms with Crippen molar-refractivity contribution in [2.75, 3.05) is 60.4 Å². The Hall–Kier alpha value is 0.992. The fourth-order valence-corrected chi connectivity index (χ4v) is 1.36. The second-order valence-electron chi connectivity index (χ2n) is 3.91. The normalized spacial score (nSPS) is 21.0. The molecule has 0 spiro atoms. The Labute approximate surface area is 117 Å². The molecule has 0 saturated carbocycles. The Morgan fingerprint density at radius 1 is 0.533 bits per heavy atom. The van der Waals surface area contributed by atoms with Crippen molar-refractivity contribution in [3.63, 3.8) is 0 Å². The first-order valence-electron chi connectivity index (χ1n) is 4.74. The van der Waals surface area contributed by atoms with E-state index in [4.69, 9.17) is 0 Å². The summed E-state index contributed by atoms with van der Waals surface area (Å²) in [5.41, 5.74) is 0. The van der Waals surface area contributed by atoms with Gasteiger partial charge in [-0.2, -0.15) is 0 Å². The van der Waals surface area contributed by atoms with Gasteiger partial charge in [-0.05, 0) is 21.1 Å². The van der Waals surface area contributed by atoms with Crippen molar-refractivity contribution in [3.05, 3.63) is 0 Å². The van der Waals surface area contributed by atoms with Crippen LogP contribution in [0.5, 0.6) is 0 Å². The quantitative estimate of drug-likeness (QED) is 0.649. The summed E-state index contributed by atoms with van der Waals surface area (Å²) in [4.78, 5) is 7.20. The molecule has 1 aliphatic rings. The van der Waals surface area contributed by atoms with E-state index in [1.165, 1.54) is 39.3 Å². The summed E-state index contributed by atoms with van der Waals surface area (Å²) in [5.74, 6) is 0. The monoisotopic (exact) mass is 295 g/mol. The molecule has 0 aromatic rings. The Balaban J connectivity index is -0.000000480. The average Bonchev–Trinajstić information content (AvgIpc) is 2.11. The Morgan fingerprint density at radius 3 is 0.800 bits per heavy atom. The van der Waals surface area contributed by atoms with E-state index in [-0.39, 0.29) is 42.2 Å². The SMILES string of the molecule is CN1CCN(C)CCN(C)CC1.Cl.Cl.[Cr]. The zero-order valence-corrected chi connectivity index (χ0v) is 12.7. The number of rotatable bonds is 0. The van der Waals surface area contributed by atoms with Gasteiger partial charge in [0.05, 0.1) is 0 Å². The topological polar surface area (TPSA) is 9.72 Å². The largest absolute Gasteiger partial charge is 0.304 e. The molecule has 0 aliphatic carbocycles. The van der Waals surface area contributed by atoms with E-state index in [2.05, 4.69) is 35.8 Å². The van der Waals surface area contributed by atoms with Gasteiger partial charge >= 0.3 is 0 Å². The minimum absolute atomic E-state index is 0. The fourth-order valence-electron chi connectivity index (χ4n) is 1.36. The summed E-state index contributed by atoms with van der Waals surface area (Å²) in [6.07, 6.45) is 0. The van der Waals surface area contributed by atoms with Crippen LogP contribution in [-0.4, -0.2) is 75.1 Å². The molecule has 0 bridgehead atoms. The van der Waals surface area contributed by atoms with Crippen molar-refractivity contribution < 1.29 is 17.4 Å². The molecule has 1 aliphatic heterocycles. The van der Waals surface area contributed by atoms with E-state index in [0.717, 1.165) is 0 Å². The molecule has 3 nitrogen and oxygen atoms in total. The third-order valence-electron chi connectivity index (χ3n) is 2.59. The molecule has 94 valence electrons. The minimum atomic E-state index is 0. The standard InChI is InChI=1S/C9H21N3.2ClH.Cr/c1-10-4-6-11(2)8-9-12(3)7-5-10;;;/h4-9H2,1-3H3;2*1H;. The van der Waals surface area contributed by atoms with Gasteiger partial charge in [0.15, 0.2) is 0 Å². The fraction of sp³-hybridized carbons (Fsp3) is 1.00. The van der Waals surface area contributed by atoms with E-state index in [1.807, 2.05) is 0 Å². The molecule has 15 heavy (non-hydrogen) atoms. The minimum Gasteiger partial charge on any atom is -0.304 e. The summed E-state index contributed by atoms with van der Waals surface area (Å²) >= 11 is 0. The number of likely N-dealkylation sites (N-methyl/N-ethyl adjacent to an activating group) is 3. The second kappa shape index (κ2) is 11.5. The Kier molecular flexibility index (Phi) is 16.3.